The van der Waals surface area contributed by atoms with Crippen LogP contribution >= 0.6 is 0 Å². The second-order valence-electron chi connectivity index (χ2n) is 10.5. The molecule has 0 unspecified atom stereocenters. The largest absolute Gasteiger partial charge is 0.501 e. The number of hydrogen-bond acceptors (Lipinski definition) is 7. The minimum Gasteiger partial charge on any atom is -0.456 e. The molecular weight excluding hydrogens is 597 g/mol. The lowest BCUT2D eigenvalue weighted by Gasteiger charge is -2.28. The van der Waals surface area contributed by atoms with Gasteiger partial charge in [0, 0.05) is 85.3 Å². The highest BCUT2D eigenvalue weighted by Gasteiger charge is 2.40. The Morgan fingerprint density at radius 3 is 2.14 bits per heavy atom. The molecule has 1 heterocycles. The highest BCUT2D eigenvalue weighted by Crippen LogP contribution is 2.42. The zero-order valence-corrected chi connectivity index (χ0v) is 28.4. The van der Waals surface area contributed by atoms with Crippen molar-refractivity contribution in [1.29, 1.82) is 0 Å². The molecule has 2 aromatic carbocycles. The SMILES string of the molecule is CCO[Si](CCC[N+](C)=c1ccc2c(-c3ccccc3S(=O)(=O)O)c3ccc(N(CC)CC)cc3oc-2c1)(OCC)OCC. The average Bonchev–Trinajstić information content (AvgIpc) is 3.00. The van der Waals surface area contributed by atoms with Crippen molar-refractivity contribution in [2.45, 2.75) is 52.0 Å². The predicted molar refractivity (Wildman–Crippen MR) is 178 cm³/mol. The van der Waals surface area contributed by atoms with Gasteiger partial charge in [-0.05, 0) is 58.9 Å². The van der Waals surface area contributed by atoms with E-state index in [1.165, 1.54) is 6.07 Å². The predicted octanol–water partition coefficient (Wildman–Crippen LogP) is 6.14. The molecule has 0 amide bonds. The molecule has 11 heteroatoms. The van der Waals surface area contributed by atoms with Crippen molar-refractivity contribution in [2.75, 3.05) is 51.4 Å². The summed E-state index contributed by atoms with van der Waals surface area (Å²) in [5, 5.41) is 1.71. The van der Waals surface area contributed by atoms with Crippen molar-refractivity contribution in [3.63, 3.8) is 0 Å². The molecule has 0 saturated carbocycles. The van der Waals surface area contributed by atoms with Crippen LogP contribution in [-0.4, -0.2) is 68.3 Å². The number of rotatable bonds is 15. The number of nitrogens with zero attached hydrogens (tertiary/aromatic N) is 2. The molecule has 1 aliphatic heterocycles. The van der Waals surface area contributed by atoms with Crippen molar-refractivity contribution in [3.8, 4) is 22.5 Å². The number of benzene rings is 3. The Kier molecular flexibility index (Phi) is 11.4. The lowest BCUT2D eigenvalue weighted by Crippen LogP contribution is -2.46. The van der Waals surface area contributed by atoms with Crippen LogP contribution in [-0.2, 0) is 23.4 Å². The van der Waals surface area contributed by atoms with E-state index in [9.17, 15) is 13.0 Å². The maximum absolute atomic E-state index is 12.5. The van der Waals surface area contributed by atoms with Crippen LogP contribution in [0.3, 0.4) is 0 Å². The third kappa shape index (κ3) is 7.41. The molecule has 1 N–H and O–H groups in total. The minimum absolute atomic E-state index is 0.145. The van der Waals surface area contributed by atoms with Crippen LogP contribution in [0.5, 0.6) is 0 Å². The molecular formula is C33H45N2O7SSi+. The Morgan fingerprint density at radius 2 is 1.52 bits per heavy atom. The van der Waals surface area contributed by atoms with E-state index in [0.29, 0.717) is 48.3 Å². The van der Waals surface area contributed by atoms with Crippen LogP contribution in [0.25, 0.3) is 33.4 Å². The standard InChI is InChI=1S/C33H44N2O7SSi/c1-7-35(8-2)26-18-20-28-31(24-26)42-30-23-25(34(6)21-14-22-44(39-9-3,40-10-4)41-11-5)17-19-27(30)33(28)29-15-12-13-16-32(29)43(36,37)38/h12-13,15-20,23-24H,7-11,14,21-22H2,1-6H3/p+1. The molecule has 9 nitrogen and oxygen atoms in total. The van der Waals surface area contributed by atoms with Gasteiger partial charge in [0.05, 0.1) is 6.07 Å². The molecule has 1 aliphatic carbocycles. The lowest BCUT2D eigenvalue weighted by atomic mass is 9.93. The van der Waals surface area contributed by atoms with E-state index in [-0.39, 0.29) is 4.90 Å². The quantitative estimate of drug-likeness (QED) is 0.0716. The maximum atomic E-state index is 12.5. The maximum Gasteiger partial charge on any atom is 0.501 e. The summed E-state index contributed by atoms with van der Waals surface area (Å²) in [4.78, 5) is 2.08. The van der Waals surface area contributed by atoms with Crippen molar-refractivity contribution < 1.29 is 30.7 Å². The van der Waals surface area contributed by atoms with Crippen molar-refractivity contribution in [2.24, 2.45) is 0 Å². The van der Waals surface area contributed by atoms with Gasteiger partial charge in [0.2, 0.25) is 5.36 Å². The summed E-state index contributed by atoms with van der Waals surface area (Å²) in [6, 6.07) is 19.2. The molecule has 44 heavy (non-hydrogen) atoms. The van der Waals surface area contributed by atoms with Crippen LogP contribution in [0.2, 0.25) is 6.04 Å². The summed E-state index contributed by atoms with van der Waals surface area (Å²) in [7, 11) is -5.19. The highest BCUT2D eigenvalue weighted by molar-refractivity contribution is 7.86. The van der Waals surface area contributed by atoms with Crippen LogP contribution in [0, 0.1) is 0 Å². The Morgan fingerprint density at radius 1 is 0.864 bits per heavy atom. The molecule has 0 spiro atoms. The van der Waals surface area contributed by atoms with E-state index in [1.54, 1.807) is 18.2 Å². The molecule has 0 atom stereocenters. The summed E-state index contributed by atoms with van der Waals surface area (Å²) in [6.45, 7) is 14.1. The fourth-order valence-electron chi connectivity index (χ4n) is 5.74. The van der Waals surface area contributed by atoms with Gasteiger partial charge in [-0.1, -0.05) is 18.2 Å². The molecule has 2 aromatic rings. The van der Waals surface area contributed by atoms with E-state index < -0.39 is 18.9 Å². The van der Waals surface area contributed by atoms with Gasteiger partial charge in [-0.25, -0.2) is 4.58 Å². The minimum atomic E-state index is -4.48. The smallest absolute Gasteiger partial charge is 0.456 e. The zero-order chi connectivity index (χ0) is 31.9. The third-order valence-corrected chi connectivity index (χ3v) is 11.8. The molecule has 0 saturated heterocycles. The fraction of sp³-hybridized carbons (Fsp3) is 0.424. The fourth-order valence-corrected chi connectivity index (χ4v) is 9.03. The van der Waals surface area contributed by atoms with Gasteiger partial charge in [-0.15, -0.1) is 0 Å². The summed E-state index contributed by atoms with van der Waals surface area (Å²) in [6.07, 6.45) is 0.815. The van der Waals surface area contributed by atoms with Gasteiger partial charge in [-0.2, -0.15) is 8.42 Å². The Bertz CT molecular complexity index is 1700. The number of fused-ring (bicyclic) bond motifs is 2. The van der Waals surface area contributed by atoms with Crippen molar-refractivity contribution in [3.05, 3.63) is 66.0 Å². The Labute approximate surface area is 262 Å². The van der Waals surface area contributed by atoms with Crippen LogP contribution in [0.15, 0.2) is 70.0 Å². The molecule has 238 valence electrons. The van der Waals surface area contributed by atoms with Gasteiger partial charge in [0.25, 0.3) is 10.1 Å². The van der Waals surface area contributed by atoms with E-state index in [4.69, 9.17) is 17.7 Å². The van der Waals surface area contributed by atoms with Gasteiger partial charge in [0.1, 0.15) is 29.8 Å². The number of anilines is 1. The van der Waals surface area contributed by atoms with Crippen LogP contribution < -0.4 is 14.8 Å². The van der Waals surface area contributed by atoms with Gasteiger partial charge in [-0.3, -0.25) is 4.55 Å². The third-order valence-electron chi connectivity index (χ3n) is 7.76. The van der Waals surface area contributed by atoms with E-state index in [0.717, 1.165) is 48.0 Å². The molecule has 0 bridgehead atoms. The molecule has 0 aromatic heterocycles. The highest BCUT2D eigenvalue weighted by atomic mass is 32.2. The average molecular weight is 642 g/mol. The summed E-state index contributed by atoms with van der Waals surface area (Å²) in [5.41, 5.74) is 3.50. The van der Waals surface area contributed by atoms with E-state index in [1.807, 2.05) is 64.2 Å². The van der Waals surface area contributed by atoms with Crippen molar-refractivity contribution in [1.82, 2.24) is 4.58 Å². The monoisotopic (exact) mass is 641 g/mol. The van der Waals surface area contributed by atoms with E-state index in [2.05, 4.69) is 23.3 Å². The lowest BCUT2D eigenvalue weighted by molar-refractivity contribution is 0.0707. The second-order valence-corrected chi connectivity index (χ2v) is 14.6. The van der Waals surface area contributed by atoms with Crippen molar-refractivity contribution >= 4 is 35.6 Å². The van der Waals surface area contributed by atoms with Gasteiger partial charge in [0.15, 0.2) is 0 Å². The second kappa shape index (κ2) is 14.8. The topological polar surface area (TPSA) is 101 Å². The first-order chi connectivity index (χ1) is 21.1. The van der Waals surface area contributed by atoms with Crippen LogP contribution in [0.4, 0.5) is 5.69 Å². The molecule has 2 aliphatic rings. The first kappa shape index (κ1) is 33.8. The van der Waals surface area contributed by atoms with E-state index >= 15 is 0 Å². The molecule has 0 fully saturated rings. The van der Waals surface area contributed by atoms with Gasteiger partial charge < -0.3 is 22.6 Å². The normalized spacial score (nSPS) is 13.1. The first-order valence-electron chi connectivity index (χ1n) is 15.4. The summed E-state index contributed by atoms with van der Waals surface area (Å²) >= 11 is 0. The number of hydrogen-bond donors (Lipinski definition) is 1. The molecule has 4 rings (SSSR count). The van der Waals surface area contributed by atoms with Gasteiger partial charge >= 0.3 is 8.80 Å². The Balaban J connectivity index is 1.86. The summed E-state index contributed by atoms with van der Waals surface area (Å²) in [5.74, 6) is 0.611. The zero-order valence-electron chi connectivity index (χ0n) is 26.6. The Hall–Kier alpha value is -3.06. The molecule has 0 radical (unpaired) electrons. The van der Waals surface area contributed by atoms with Crippen LogP contribution in [0.1, 0.15) is 41.0 Å². The first-order valence-corrected chi connectivity index (χ1v) is 18.8. The summed E-state index contributed by atoms with van der Waals surface area (Å²) < 4.78 is 61.8.